The predicted molar refractivity (Wildman–Crippen MR) is 60.2 cm³/mol. The first-order chi connectivity index (χ1) is 8.88. The van der Waals surface area contributed by atoms with Crippen molar-refractivity contribution in [3.05, 3.63) is 0 Å². The SMILES string of the molecule is O=C1CNC(C(=O)N2CCCC(C(F)(F)F)C2)CN1. The number of rotatable bonds is 1. The second-order valence-corrected chi connectivity index (χ2v) is 4.90. The van der Waals surface area contributed by atoms with Gasteiger partial charge in [-0.1, -0.05) is 0 Å². The Morgan fingerprint density at radius 3 is 2.68 bits per heavy atom. The van der Waals surface area contributed by atoms with Crippen LogP contribution in [0.2, 0.25) is 0 Å². The van der Waals surface area contributed by atoms with Crippen LogP contribution in [0.1, 0.15) is 12.8 Å². The summed E-state index contributed by atoms with van der Waals surface area (Å²) < 4.78 is 38.0. The number of hydrogen-bond donors (Lipinski definition) is 2. The van der Waals surface area contributed by atoms with E-state index in [4.69, 9.17) is 0 Å². The zero-order chi connectivity index (χ0) is 14.0. The molecular formula is C11H16F3N3O2. The number of likely N-dealkylation sites (tertiary alicyclic amines) is 1. The molecule has 2 fully saturated rings. The van der Waals surface area contributed by atoms with Gasteiger partial charge >= 0.3 is 6.18 Å². The molecule has 2 rings (SSSR count). The highest BCUT2D eigenvalue weighted by Gasteiger charge is 2.43. The quantitative estimate of drug-likeness (QED) is 0.703. The molecular weight excluding hydrogens is 263 g/mol. The van der Waals surface area contributed by atoms with E-state index in [1.165, 1.54) is 4.90 Å². The van der Waals surface area contributed by atoms with Gasteiger partial charge in [0.1, 0.15) is 6.04 Å². The molecule has 2 atom stereocenters. The second kappa shape index (κ2) is 5.36. The molecule has 2 unspecified atom stereocenters. The van der Waals surface area contributed by atoms with Gasteiger partial charge in [-0.05, 0) is 12.8 Å². The summed E-state index contributed by atoms with van der Waals surface area (Å²) >= 11 is 0. The van der Waals surface area contributed by atoms with E-state index in [1.54, 1.807) is 0 Å². The summed E-state index contributed by atoms with van der Waals surface area (Å²) in [6.45, 7) is 0.212. The molecule has 0 aromatic carbocycles. The maximum atomic E-state index is 12.7. The van der Waals surface area contributed by atoms with Crippen LogP contribution in [0.4, 0.5) is 13.2 Å². The molecule has 0 bridgehead atoms. The lowest BCUT2D eigenvalue weighted by atomic mass is 9.97. The summed E-state index contributed by atoms with van der Waals surface area (Å²) in [5.74, 6) is -2.02. The fourth-order valence-electron chi connectivity index (χ4n) is 2.41. The van der Waals surface area contributed by atoms with E-state index in [0.717, 1.165) is 0 Å². The van der Waals surface area contributed by atoms with Crippen LogP contribution < -0.4 is 10.6 Å². The number of carbonyl (C=O) groups excluding carboxylic acids is 2. The number of carbonyl (C=O) groups is 2. The van der Waals surface area contributed by atoms with Crippen molar-refractivity contribution in [3.8, 4) is 0 Å². The summed E-state index contributed by atoms with van der Waals surface area (Å²) in [5, 5.41) is 5.26. The fourth-order valence-corrected chi connectivity index (χ4v) is 2.41. The maximum Gasteiger partial charge on any atom is 0.393 e. The third-order valence-corrected chi connectivity index (χ3v) is 3.51. The molecule has 0 radical (unpaired) electrons. The topological polar surface area (TPSA) is 61.4 Å². The highest BCUT2D eigenvalue weighted by Crippen LogP contribution is 2.33. The first kappa shape index (κ1) is 14.1. The molecule has 2 N–H and O–H groups in total. The number of halogens is 3. The molecule has 0 saturated carbocycles. The van der Waals surface area contributed by atoms with E-state index in [1.807, 2.05) is 0 Å². The molecule has 0 spiro atoms. The van der Waals surface area contributed by atoms with Crippen molar-refractivity contribution >= 4 is 11.8 Å². The summed E-state index contributed by atoms with van der Waals surface area (Å²) in [6, 6.07) is -0.621. The number of piperidine rings is 1. The first-order valence-electron chi connectivity index (χ1n) is 6.23. The van der Waals surface area contributed by atoms with Crippen LogP contribution >= 0.6 is 0 Å². The van der Waals surface area contributed by atoms with Crippen LogP contribution in [-0.2, 0) is 9.59 Å². The van der Waals surface area contributed by atoms with Gasteiger partial charge in [0.25, 0.3) is 0 Å². The minimum atomic E-state index is -4.26. The minimum Gasteiger partial charge on any atom is -0.353 e. The summed E-state index contributed by atoms with van der Waals surface area (Å²) in [5.41, 5.74) is 0. The van der Waals surface area contributed by atoms with Crippen LogP contribution in [0.15, 0.2) is 0 Å². The van der Waals surface area contributed by atoms with Gasteiger partial charge in [0.15, 0.2) is 0 Å². The van der Waals surface area contributed by atoms with Crippen molar-refractivity contribution in [2.45, 2.75) is 25.1 Å². The Labute approximate surface area is 108 Å². The van der Waals surface area contributed by atoms with Crippen molar-refractivity contribution in [2.24, 2.45) is 5.92 Å². The third-order valence-electron chi connectivity index (χ3n) is 3.51. The smallest absolute Gasteiger partial charge is 0.353 e. The van der Waals surface area contributed by atoms with E-state index in [9.17, 15) is 22.8 Å². The van der Waals surface area contributed by atoms with Gasteiger partial charge in [-0.15, -0.1) is 0 Å². The summed E-state index contributed by atoms with van der Waals surface area (Å²) in [7, 11) is 0. The minimum absolute atomic E-state index is 0.0208. The van der Waals surface area contributed by atoms with E-state index in [-0.39, 0.29) is 37.9 Å². The Balaban J connectivity index is 1.93. The number of nitrogens with one attached hydrogen (secondary N) is 2. The number of nitrogens with zero attached hydrogens (tertiary/aromatic N) is 1. The van der Waals surface area contributed by atoms with Gasteiger partial charge in [-0.25, -0.2) is 0 Å². The van der Waals surface area contributed by atoms with Gasteiger partial charge < -0.3 is 10.2 Å². The Hall–Kier alpha value is -1.31. The van der Waals surface area contributed by atoms with Crippen LogP contribution in [0.3, 0.4) is 0 Å². The molecule has 2 aliphatic heterocycles. The van der Waals surface area contributed by atoms with Crippen molar-refractivity contribution in [1.29, 1.82) is 0 Å². The molecule has 5 nitrogen and oxygen atoms in total. The Kier molecular flexibility index (Phi) is 3.98. The van der Waals surface area contributed by atoms with Crippen molar-refractivity contribution in [1.82, 2.24) is 15.5 Å². The fraction of sp³-hybridized carbons (Fsp3) is 0.818. The van der Waals surface area contributed by atoms with Gasteiger partial charge in [0, 0.05) is 19.6 Å². The van der Waals surface area contributed by atoms with Crippen LogP contribution in [-0.4, -0.2) is 55.1 Å². The van der Waals surface area contributed by atoms with E-state index < -0.39 is 18.1 Å². The Bertz CT molecular complexity index is 363. The Morgan fingerprint density at radius 2 is 2.11 bits per heavy atom. The lowest BCUT2D eigenvalue weighted by Crippen LogP contribution is -2.60. The lowest BCUT2D eigenvalue weighted by molar-refractivity contribution is -0.188. The predicted octanol–water partition coefficient (Wildman–Crippen LogP) is -0.125. The standard InChI is InChI=1S/C11H16F3N3O2/c12-11(13,14)7-2-1-3-17(6-7)10(19)8-4-16-9(18)5-15-8/h7-8,15H,1-6H2,(H,16,18). The zero-order valence-electron chi connectivity index (χ0n) is 10.3. The van der Waals surface area contributed by atoms with Gasteiger partial charge in [-0.2, -0.15) is 13.2 Å². The Morgan fingerprint density at radius 1 is 1.37 bits per heavy atom. The molecule has 2 heterocycles. The lowest BCUT2D eigenvalue weighted by Gasteiger charge is -2.36. The maximum absolute atomic E-state index is 12.7. The number of hydrogen-bond acceptors (Lipinski definition) is 3. The van der Waals surface area contributed by atoms with Gasteiger partial charge in [0.05, 0.1) is 12.5 Å². The molecule has 108 valence electrons. The average molecular weight is 279 g/mol. The average Bonchev–Trinajstić information content (AvgIpc) is 2.38. The zero-order valence-corrected chi connectivity index (χ0v) is 10.3. The second-order valence-electron chi connectivity index (χ2n) is 4.90. The van der Waals surface area contributed by atoms with Crippen LogP contribution in [0.5, 0.6) is 0 Å². The number of piperazine rings is 1. The molecule has 2 amide bonds. The van der Waals surface area contributed by atoms with Crippen LogP contribution in [0, 0.1) is 5.92 Å². The molecule has 2 saturated heterocycles. The molecule has 0 aromatic heterocycles. The molecule has 8 heteroatoms. The third kappa shape index (κ3) is 3.37. The number of alkyl halides is 3. The molecule has 19 heavy (non-hydrogen) atoms. The van der Waals surface area contributed by atoms with Crippen molar-refractivity contribution in [2.75, 3.05) is 26.2 Å². The van der Waals surface area contributed by atoms with Crippen molar-refractivity contribution in [3.63, 3.8) is 0 Å². The van der Waals surface area contributed by atoms with E-state index in [2.05, 4.69) is 10.6 Å². The van der Waals surface area contributed by atoms with E-state index in [0.29, 0.717) is 13.0 Å². The van der Waals surface area contributed by atoms with E-state index >= 15 is 0 Å². The molecule has 0 aliphatic carbocycles. The largest absolute Gasteiger partial charge is 0.393 e. The van der Waals surface area contributed by atoms with Gasteiger partial charge in [-0.3, -0.25) is 14.9 Å². The van der Waals surface area contributed by atoms with Gasteiger partial charge in [0.2, 0.25) is 11.8 Å². The first-order valence-corrected chi connectivity index (χ1v) is 6.23. The van der Waals surface area contributed by atoms with Crippen LogP contribution in [0.25, 0.3) is 0 Å². The molecule has 2 aliphatic rings. The van der Waals surface area contributed by atoms with Crippen molar-refractivity contribution < 1.29 is 22.8 Å². The summed E-state index contributed by atoms with van der Waals surface area (Å²) in [4.78, 5) is 24.3. The summed E-state index contributed by atoms with van der Waals surface area (Å²) in [6.07, 6.45) is -3.83. The monoisotopic (exact) mass is 279 g/mol. The highest BCUT2D eigenvalue weighted by atomic mass is 19.4. The number of amides is 2. The highest BCUT2D eigenvalue weighted by molar-refractivity contribution is 5.86. The molecule has 0 aromatic rings. The normalized spacial score (nSPS) is 29.0.